The van der Waals surface area contributed by atoms with Crippen LogP contribution in [0.15, 0.2) is 39.4 Å². The van der Waals surface area contributed by atoms with Crippen molar-refractivity contribution in [2.24, 2.45) is 10.2 Å². The molecule has 0 aliphatic carbocycles. The van der Waals surface area contributed by atoms with Crippen LogP contribution in [-0.4, -0.2) is 49.2 Å². The van der Waals surface area contributed by atoms with Crippen molar-refractivity contribution < 1.29 is 30.0 Å². The maximum absolute atomic E-state index is 11.0. The van der Waals surface area contributed by atoms with E-state index in [1.54, 1.807) is 14.1 Å². The van der Waals surface area contributed by atoms with Crippen molar-refractivity contribution in [3.8, 4) is 0 Å². The second-order valence-electron chi connectivity index (χ2n) is 4.12. The number of hydrazone groups is 2. The van der Waals surface area contributed by atoms with Crippen LogP contribution < -0.4 is 21.5 Å². The SMILES string of the molecule is CNC(=S)NN=CC(=NNC(=S)NC)c1ccc(S(=O)(=O)[O-])cc1.[Cu]. The second kappa shape index (κ2) is 11.1. The minimum absolute atomic E-state index is 0. The average molecular weight is 451 g/mol. The Balaban J connectivity index is 0.00000576. The van der Waals surface area contributed by atoms with E-state index in [4.69, 9.17) is 24.4 Å². The summed E-state index contributed by atoms with van der Waals surface area (Å²) in [5, 5.41) is 13.9. The molecule has 0 bridgehead atoms. The molecular weight excluding hydrogens is 436 g/mol. The Morgan fingerprint density at radius 2 is 1.60 bits per heavy atom. The first kappa shape index (κ1) is 23.4. The average Bonchev–Trinajstić information content (AvgIpc) is 2.56. The first-order valence-electron chi connectivity index (χ1n) is 6.40. The van der Waals surface area contributed by atoms with Crippen LogP contribution in [0.5, 0.6) is 0 Å². The molecule has 0 amide bonds. The van der Waals surface area contributed by atoms with E-state index in [0.717, 1.165) is 0 Å². The van der Waals surface area contributed by atoms with Crippen LogP contribution in [0.3, 0.4) is 0 Å². The summed E-state index contributed by atoms with van der Waals surface area (Å²) >= 11 is 9.81. The van der Waals surface area contributed by atoms with E-state index >= 15 is 0 Å². The summed E-state index contributed by atoms with van der Waals surface area (Å²) in [6.07, 6.45) is 1.36. The molecule has 1 aromatic carbocycles. The zero-order valence-corrected chi connectivity index (χ0v) is 16.4. The molecule has 0 aliphatic heterocycles. The minimum Gasteiger partial charge on any atom is -0.744 e. The molecule has 1 radical (unpaired) electrons. The summed E-state index contributed by atoms with van der Waals surface area (Å²) in [5.74, 6) is 0. The van der Waals surface area contributed by atoms with Gasteiger partial charge in [-0.3, -0.25) is 10.9 Å². The predicted molar refractivity (Wildman–Crippen MR) is 99.0 cm³/mol. The fourth-order valence-corrected chi connectivity index (χ4v) is 1.90. The number of hydrogen-bond donors (Lipinski definition) is 4. The molecule has 0 saturated heterocycles. The van der Waals surface area contributed by atoms with Crippen LogP contribution in [0, 0.1) is 0 Å². The van der Waals surface area contributed by atoms with Gasteiger partial charge < -0.3 is 15.2 Å². The largest absolute Gasteiger partial charge is 0.744 e. The Labute approximate surface area is 166 Å². The van der Waals surface area contributed by atoms with Crippen molar-refractivity contribution in [1.82, 2.24) is 21.5 Å². The minimum atomic E-state index is -4.51. The van der Waals surface area contributed by atoms with E-state index in [9.17, 15) is 13.0 Å². The third-order valence-corrected chi connectivity index (χ3v) is 3.96. The Bertz CT molecular complexity index is 765. The van der Waals surface area contributed by atoms with Gasteiger partial charge in [0.25, 0.3) is 0 Å². The van der Waals surface area contributed by atoms with Crippen LogP contribution >= 0.6 is 24.4 Å². The normalized spacial score (nSPS) is 11.4. The van der Waals surface area contributed by atoms with Crippen molar-refractivity contribution in [1.29, 1.82) is 0 Å². The summed E-state index contributed by atoms with van der Waals surface area (Å²) in [7, 11) is -1.26. The van der Waals surface area contributed by atoms with Gasteiger partial charge in [-0.2, -0.15) is 10.2 Å². The summed E-state index contributed by atoms with van der Waals surface area (Å²) in [4.78, 5) is -0.337. The number of hydrogen-bond acceptors (Lipinski definition) is 7. The molecule has 0 unspecified atom stereocenters. The third kappa shape index (κ3) is 8.34. The Hall–Kier alpha value is -1.63. The van der Waals surface area contributed by atoms with Crippen LogP contribution in [0.4, 0.5) is 0 Å². The molecule has 1 rings (SSSR count). The van der Waals surface area contributed by atoms with Gasteiger partial charge in [0.1, 0.15) is 15.8 Å². The van der Waals surface area contributed by atoms with Crippen LogP contribution in [-0.2, 0) is 27.2 Å². The smallest absolute Gasteiger partial charge is 0.186 e. The van der Waals surface area contributed by atoms with Crippen LogP contribution in [0.2, 0.25) is 0 Å². The van der Waals surface area contributed by atoms with Gasteiger partial charge in [-0.1, -0.05) is 12.1 Å². The van der Waals surface area contributed by atoms with Gasteiger partial charge in [0.05, 0.1) is 11.1 Å². The Kier molecular flexibility index (Phi) is 10.4. The first-order valence-corrected chi connectivity index (χ1v) is 8.63. The van der Waals surface area contributed by atoms with Gasteiger partial charge >= 0.3 is 0 Å². The van der Waals surface area contributed by atoms with Gasteiger partial charge in [0.15, 0.2) is 10.2 Å². The number of rotatable bonds is 5. The fourth-order valence-electron chi connectivity index (χ4n) is 1.34. The molecule has 0 aliphatic rings. The Morgan fingerprint density at radius 1 is 1.08 bits per heavy atom. The quantitative estimate of drug-likeness (QED) is 0.154. The van der Waals surface area contributed by atoms with Gasteiger partial charge in [-0.25, -0.2) is 8.42 Å². The standard InChI is InChI=1S/C12H16N6O3S3.Cu/c1-13-11(22)17-15-7-10(16-18-12(23)14-2)8-3-5-9(6-4-8)24(19,20)21;/h3-7H,1-2H3,(H2,13,17,22)(H2,14,18,23)(H,19,20,21);/p-1. The van der Waals surface area contributed by atoms with Gasteiger partial charge in [0.2, 0.25) is 0 Å². The van der Waals surface area contributed by atoms with Crippen molar-refractivity contribution >= 4 is 56.7 Å². The predicted octanol–water partition coefficient (Wildman–Crippen LogP) is -0.534. The van der Waals surface area contributed by atoms with Gasteiger partial charge in [-0.05, 0) is 36.6 Å². The molecule has 141 valence electrons. The second-order valence-corrected chi connectivity index (χ2v) is 6.31. The van der Waals surface area contributed by atoms with Crippen molar-refractivity contribution in [2.75, 3.05) is 14.1 Å². The van der Waals surface area contributed by atoms with E-state index in [1.165, 1.54) is 30.5 Å². The molecule has 0 spiro atoms. The number of nitrogens with one attached hydrogen (secondary N) is 4. The summed E-state index contributed by atoms with van der Waals surface area (Å²) in [6.45, 7) is 0. The van der Waals surface area contributed by atoms with E-state index < -0.39 is 10.1 Å². The summed E-state index contributed by atoms with van der Waals surface area (Å²) < 4.78 is 32.9. The van der Waals surface area contributed by atoms with Gasteiger partial charge in [0, 0.05) is 36.7 Å². The molecule has 4 N–H and O–H groups in total. The Morgan fingerprint density at radius 3 is 2.08 bits per heavy atom. The van der Waals surface area contributed by atoms with Crippen LogP contribution in [0.25, 0.3) is 0 Å². The fraction of sp³-hybridized carbons (Fsp3) is 0.167. The van der Waals surface area contributed by atoms with E-state index in [1.807, 2.05) is 0 Å². The van der Waals surface area contributed by atoms with Crippen molar-refractivity contribution in [3.05, 3.63) is 29.8 Å². The zero-order valence-electron chi connectivity index (χ0n) is 13.0. The molecule has 1 aromatic rings. The molecule has 0 saturated carbocycles. The third-order valence-electron chi connectivity index (χ3n) is 2.52. The topological polar surface area (TPSA) is 130 Å². The maximum Gasteiger partial charge on any atom is 0.186 e. The summed E-state index contributed by atoms with van der Waals surface area (Å²) in [6, 6.07) is 5.22. The molecular formula is C12H15CuN6O3S3-. The molecule has 0 fully saturated rings. The van der Waals surface area contributed by atoms with Gasteiger partial charge in [-0.15, -0.1) is 0 Å². The summed E-state index contributed by atoms with van der Waals surface area (Å²) in [5.41, 5.74) is 5.98. The number of thiocarbonyl (C=S) groups is 2. The maximum atomic E-state index is 11.0. The molecule has 9 nitrogen and oxygen atoms in total. The molecule has 25 heavy (non-hydrogen) atoms. The molecule has 0 heterocycles. The molecule has 0 aromatic heterocycles. The van der Waals surface area contributed by atoms with Crippen molar-refractivity contribution in [2.45, 2.75) is 4.90 Å². The molecule has 0 atom stereocenters. The van der Waals surface area contributed by atoms with E-state index in [0.29, 0.717) is 16.4 Å². The monoisotopic (exact) mass is 450 g/mol. The van der Waals surface area contributed by atoms with E-state index in [-0.39, 0.29) is 27.1 Å². The van der Waals surface area contributed by atoms with Crippen molar-refractivity contribution in [3.63, 3.8) is 0 Å². The van der Waals surface area contributed by atoms with Crippen LogP contribution in [0.1, 0.15) is 5.56 Å². The first-order chi connectivity index (χ1) is 11.3. The number of benzene rings is 1. The number of nitrogens with zero attached hydrogens (tertiary/aromatic N) is 2. The van der Waals surface area contributed by atoms with E-state index in [2.05, 4.69) is 31.7 Å². The zero-order chi connectivity index (χ0) is 18.2. The molecule has 13 heteroatoms.